The molecule has 150 valence electrons. The average Bonchev–Trinajstić information content (AvgIpc) is 3.05. The second kappa shape index (κ2) is 8.32. The third kappa shape index (κ3) is 4.72. The molecule has 1 unspecified atom stereocenters. The summed E-state index contributed by atoms with van der Waals surface area (Å²) < 4.78 is 14.8. The smallest absolute Gasteiger partial charge is 0.305 e. The first kappa shape index (κ1) is 20.3. The Labute approximate surface area is 170 Å². The molecule has 0 spiro atoms. The number of benzene rings is 2. The SMILES string of the molecule is Cc1ccc(F)cc1C(CC(=O)O)NC(=O)c1cc(O)n(-c2cccc(Cl)c2)n1. The monoisotopic (exact) mass is 417 g/mol. The maximum absolute atomic E-state index is 13.7. The molecule has 1 atom stereocenters. The summed E-state index contributed by atoms with van der Waals surface area (Å²) in [4.78, 5) is 23.9. The second-order valence-corrected chi connectivity index (χ2v) is 6.84. The molecular weight excluding hydrogens is 401 g/mol. The zero-order valence-electron chi connectivity index (χ0n) is 15.3. The second-order valence-electron chi connectivity index (χ2n) is 6.40. The number of halogens is 2. The molecule has 1 heterocycles. The Balaban J connectivity index is 1.89. The van der Waals surface area contributed by atoms with Gasteiger partial charge in [-0.1, -0.05) is 23.7 Å². The number of amides is 1. The number of hydrogen-bond donors (Lipinski definition) is 3. The van der Waals surface area contributed by atoms with E-state index in [1.807, 2.05) is 0 Å². The summed E-state index contributed by atoms with van der Waals surface area (Å²) in [5.74, 6) is -2.71. The number of carboxylic acid groups (broad SMARTS) is 1. The highest BCUT2D eigenvalue weighted by molar-refractivity contribution is 6.30. The van der Waals surface area contributed by atoms with Crippen molar-refractivity contribution in [2.24, 2.45) is 0 Å². The minimum Gasteiger partial charge on any atom is -0.493 e. The van der Waals surface area contributed by atoms with Crippen LogP contribution >= 0.6 is 11.6 Å². The lowest BCUT2D eigenvalue weighted by atomic mass is 9.98. The van der Waals surface area contributed by atoms with E-state index in [-0.39, 0.29) is 11.6 Å². The number of nitrogens with one attached hydrogen (secondary N) is 1. The van der Waals surface area contributed by atoms with Crippen LogP contribution in [0, 0.1) is 12.7 Å². The first-order valence-electron chi connectivity index (χ1n) is 8.58. The summed E-state index contributed by atoms with van der Waals surface area (Å²) in [7, 11) is 0. The van der Waals surface area contributed by atoms with Gasteiger partial charge in [0.25, 0.3) is 5.91 Å². The Hall–Kier alpha value is -3.39. The van der Waals surface area contributed by atoms with Crippen molar-refractivity contribution < 1.29 is 24.2 Å². The lowest BCUT2D eigenvalue weighted by Gasteiger charge is -2.19. The average molecular weight is 418 g/mol. The van der Waals surface area contributed by atoms with Crippen LogP contribution < -0.4 is 5.32 Å². The van der Waals surface area contributed by atoms with Gasteiger partial charge in [0.05, 0.1) is 18.2 Å². The minimum absolute atomic E-state index is 0.132. The maximum Gasteiger partial charge on any atom is 0.305 e. The molecule has 3 N–H and O–H groups in total. The number of aryl methyl sites for hydroxylation is 1. The molecule has 7 nitrogen and oxygen atoms in total. The Bertz CT molecular complexity index is 1080. The molecule has 1 aromatic heterocycles. The van der Waals surface area contributed by atoms with Crippen LogP contribution in [0.5, 0.6) is 5.88 Å². The quantitative estimate of drug-likeness (QED) is 0.568. The summed E-state index contributed by atoms with van der Waals surface area (Å²) in [5.41, 5.74) is 1.29. The molecule has 0 aliphatic rings. The van der Waals surface area contributed by atoms with Crippen molar-refractivity contribution in [1.29, 1.82) is 0 Å². The van der Waals surface area contributed by atoms with Crippen LogP contribution in [0.1, 0.15) is 34.1 Å². The summed E-state index contributed by atoms with van der Waals surface area (Å²) >= 11 is 5.94. The third-order valence-corrected chi connectivity index (χ3v) is 4.51. The largest absolute Gasteiger partial charge is 0.493 e. The summed E-state index contributed by atoms with van der Waals surface area (Å²) in [6.07, 6.45) is -0.447. The number of nitrogens with zero attached hydrogens (tertiary/aromatic N) is 2. The van der Waals surface area contributed by atoms with Crippen LogP contribution in [0.25, 0.3) is 5.69 Å². The Kier molecular flexibility index (Phi) is 5.84. The van der Waals surface area contributed by atoms with Crippen LogP contribution in [0.2, 0.25) is 5.02 Å². The van der Waals surface area contributed by atoms with Gasteiger partial charge >= 0.3 is 5.97 Å². The lowest BCUT2D eigenvalue weighted by Crippen LogP contribution is -2.31. The van der Waals surface area contributed by atoms with Crippen LogP contribution in [0.4, 0.5) is 4.39 Å². The zero-order chi connectivity index (χ0) is 21.1. The highest BCUT2D eigenvalue weighted by Crippen LogP contribution is 2.24. The number of hydrogen-bond acceptors (Lipinski definition) is 4. The Morgan fingerprint density at radius 2 is 2.00 bits per heavy atom. The van der Waals surface area contributed by atoms with Gasteiger partial charge in [-0.05, 0) is 48.4 Å². The number of aromatic hydroxyl groups is 1. The molecule has 1 amide bonds. The number of rotatable bonds is 6. The van der Waals surface area contributed by atoms with Crippen LogP contribution in [-0.4, -0.2) is 31.9 Å². The fraction of sp³-hybridized carbons (Fsp3) is 0.150. The van der Waals surface area contributed by atoms with E-state index >= 15 is 0 Å². The lowest BCUT2D eigenvalue weighted by molar-refractivity contribution is -0.137. The number of carboxylic acids is 1. The van der Waals surface area contributed by atoms with E-state index in [4.69, 9.17) is 11.6 Å². The van der Waals surface area contributed by atoms with E-state index in [1.165, 1.54) is 18.2 Å². The fourth-order valence-corrected chi connectivity index (χ4v) is 3.10. The molecule has 0 saturated carbocycles. The van der Waals surface area contributed by atoms with Gasteiger partial charge in [-0.2, -0.15) is 5.10 Å². The number of carbonyl (C=O) groups excluding carboxylic acids is 1. The number of carbonyl (C=O) groups is 2. The summed E-state index contributed by atoms with van der Waals surface area (Å²) in [6, 6.07) is 10.6. The van der Waals surface area contributed by atoms with E-state index in [1.54, 1.807) is 31.2 Å². The molecular formula is C20H17ClFN3O4. The molecule has 3 rings (SSSR count). The van der Waals surface area contributed by atoms with Gasteiger partial charge in [0, 0.05) is 11.1 Å². The third-order valence-electron chi connectivity index (χ3n) is 4.28. The molecule has 0 saturated heterocycles. The maximum atomic E-state index is 13.7. The van der Waals surface area contributed by atoms with Crippen LogP contribution in [0.15, 0.2) is 48.5 Å². The molecule has 3 aromatic rings. The van der Waals surface area contributed by atoms with Crippen molar-refractivity contribution in [3.63, 3.8) is 0 Å². The van der Waals surface area contributed by atoms with E-state index in [0.29, 0.717) is 21.8 Å². The minimum atomic E-state index is -1.16. The van der Waals surface area contributed by atoms with Gasteiger partial charge in [0.2, 0.25) is 5.88 Å². The predicted molar refractivity (Wildman–Crippen MR) is 104 cm³/mol. The highest BCUT2D eigenvalue weighted by atomic mass is 35.5. The Morgan fingerprint density at radius 1 is 1.24 bits per heavy atom. The van der Waals surface area contributed by atoms with E-state index in [9.17, 15) is 24.2 Å². The Morgan fingerprint density at radius 3 is 2.69 bits per heavy atom. The molecule has 9 heteroatoms. The molecule has 2 aromatic carbocycles. The van der Waals surface area contributed by atoms with E-state index < -0.39 is 30.2 Å². The summed E-state index contributed by atoms with van der Waals surface area (Å²) in [6.45, 7) is 1.69. The van der Waals surface area contributed by atoms with Crippen molar-refractivity contribution in [2.75, 3.05) is 0 Å². The van der Waals surface area contributed by atoms with Crippen LogP contribution in [0.3, 0.4) is 0 Å². The molecule has 0 aliphatic carbocycles. The first-order valence-corrected chi connectivity index (χ1v) is 8.96. The molecule has 0 bridgehead atoms. The summed E-state index contributed by atoms with van der Waals surface area (Å²) in [5, 5.41) is 26.4. The van der Waals surface area contributed by atoms with Crippen LogP contribution in [-0.2, 0) is 4.79 Å². The van der Waals surface area contributed by atoms with Gasteiger partial charge in [0.15, 0.2) is 5.69 Å². The predicted octanol–water partition coefficient (Wildman–Crippen LogP) is 3.62. The van der Waals surface area contributed by atoms with Crippen molar-refractivity contribution >= 4 is 23.5 Å². The van der Waals surface area contributed by atoms with E-state index in [2.05, 4.69) is 10.4 Å². The molecule has 0 aliphatic heterocycles. The van der Waals surface area contributed by atoms with Gasteiger partial charge < -0.3 is 15.5 Å². The molecule has 29 heavy (non-hydrogen) atoms. The number of aliphatic carboxylic acids is 1. The standard InChI is InChI=1S/C20H17ClFN3O4/c1-11-5-6-13(22)8-15(11)16(10-19(27)28)23-20(29)17-9-18(26)25(24-17)14-4-2-3-12(21)7-14/h2-9,16,26H,10H2,1H3,(H,23,29)(H,27,28). The topological polar surface area (TPSA) is 104 Å². The van der Waals surface area contributed by atoms with Crippen molar-refractivity contribution in [1.82, 2.24) is 15.1 Å². The van der Waals surface area contributed by atoms with Gasteiger partial charge in [-0.25, -0.2) is 9.07 Å². The van der Waals surface area contributed by atoms with Crippen molar-refractivity contribution in [2.45, 2.75) is 19.4 Å². The van der Waals surface area contributed by atoms with Gasteiger partial charge in [-0.15, -0.1) is 0 Å². The first-order chi connectivity index (χ1) is 13.7. The van der Waals surface area contributed by atoms with Gasteiger partial charge in [0.1, 0.15) is 5.82 Å². The number of aromatic nitrogens is 2. The van der Waals surface area contributed by atoms with E-state index in [0.717, 1.165) is 10.7 Å². The van der Waals surface area contributed by atoms with Crippen molar-refractivity contribution in [3.05, 3.63) is 76.2 Å². The normalized spacial score (nSPS) is 11.8. The molecule has 0 fully saturated rings. The highest BCUT2D eigenvalue weighted by Gasteiger charge is 2.23. The van der Waals surface area contributed by atoms with Gasteiger partial charge in [-0.3, -0.25) is 9.59 Å². The fourth-order valence-electron chi connectivity index (χ4n) is 2.91. The zero-order valence-corrected chi connectivity index (χ0v) is 16.0. The molecule has 0 radical (unpaired) electrons. The van der Waals surface area contributed by atoms with Crippen molar-refractivity contribution in [3.8, 4) is 11.6 Å².